The molecule has 2 nitrogen and oxygen atoms in total. The van der Waals surface area contributed by atoms with Crippen molar-refractivity contribution < 1.29 is 9.53 Å². The fourth-order valence-electron chi connectivity index (χ4n) is 1.81. The van der Waals surface area contributed by atoms with E-state index in [-0.39, 0.29) is 0 Å². The number of hydrogen-bond donors (Lipinski definition) is 0. The van der Waals surface area contributed by atoms with Crippen molar-refractivity contribution in [1.29, 1.82) is 0 Å². The molecule has 17 heavy (non-hydrogen) atoms. The van der Waals surface area contributed by atoms with Gasteiger partial charge in [-0.3, -0.25) is 4.79 Å². The molecule has 0 N–H and O–H groups in total. The number of carbonyl (C=O) groups excluding carboxylic acids is 1. The third kappa shape index (κ3) is 3.18. The summed E-state index contributed by atoms with van der Waals surface area (Å²) in [4.78, 5) is 10.2. The van der Waals surface area contributed by atoms with Gasteiger partial charge in [0.1, 0.15) is 6.61 Å². The first-order valence-corrected chi connectivity index (χ1v) is 5.56. The molecular formula is C15H14O2. The van der Waals surface area contributed by atoms with Gasteiger partial charge in [0.05, 0.1) is 0 Å². The molecule has 0 amide bonds. The van der Waals surface area contributed by atoms with E-state index in [1.54, 1.807) is 0 Å². The van der Waals surface area contributed by atoms with Gasteiger partial charge in [-0.05, 0) is 23.1 Å². The van der Waals surface area contributed by atoms with Gasteiger partial charge in [0.2, 0.25) is 0 Å². The summed E-state index contributed by atoms with van der Waals surface area (Å²) in [5.41, 5.74) is 3.51. The van der Waals surface area contributed by atoms with Crippen LogP contribution in [0.2, 0.25) is 0 Å². The molecular weight excluding hydrogens is 212 g/mol. The van der Waals surface area contributed by atoms with Crippen molar-refractivity contribution in [3.8, 4) is 0 Å². The van der Waals surface area contributed by atoms with Gasteiger partial charge in [-0.2, -0.15) is 0 Å². The number of ether oxygens (including phenoxy) is 1. The van der Waals surface area contributed by atoms with Crippen molar-refractivity contribution in [2.24, 2.45) is 0 Å². The molecule has 0 aliphatic heterocycles. The molecule has 0 fully saturated rings. The molecule has 0 atom stereocenters. The molecule has 0 heterocycles. The van der Waals surface area contributed by atoms with E-state index in [4.69, 9.17) is 4.74 Å². The van der Waals surface area contributed by atoms with Crippen LogP contribution in [0, 0.1) is 0 Å². The largest absolute Gasteiger partial charge is 0.463 e. The van der Waals surface area contributed by atoms with E-state index >= 15 is 0 Å². The molecule has 2 aromatic carbocycles. The van der Waals surface area contributed by atoms with E-state index in [2.05, 4.69) is 18.2 Å². The minimum Gasteiger partial charge on any atom is -0.463 e. The Balaban J connectivity index is 2.17. The molecule has 0 bridgehead atoms. The molecule has 2 aromatic rings. The van der Waals surface area contributed by atoms with Gasteiger partial charge in [0.15, 0.2) is 0 Å². The first-order valence-electron chi connectivity index (χ1n) is 5.56. The lowest BCUT2D eigenvalue weighted by Crippen LogP contribution is -1.97. The molecule has 86 valence electrons. The quantitative estimate of drug-likeness (QED) is 0.733. The fourth-order valence-corrected chi connectivity index (χ4v) is 1.81. The lowest BCUT2D eigenvalue weighted by molar-refractivity contribution is -0.129. The van der Waals surface area contributed by atoms with E-state index in [0.29, 0.717) is 13.1 Å². The predicted octanol–water partition coefficient (Wildman–Crippen LogP) is 2.95. The Bertz CT molecular complexity index is 477. The van der Waals surface area contributed by atoms with E-state index in [9.17, 15) is 4.79 Å². The maximum absolute atomic E-state index is 10.2. The minimum absolute atomic E-state index is 0.340. The molecule has 2 heteroatoms. The van der Waals surface area contributed by atoms with Gasteiger partial charge in [-0.1, -0.05) is 54.6 Å². The van der Waals surface area contributed by atoms with Crippen LogP contribution in [0.5, 0.6) is 0 Å². The van der Waals surface area contributed by atoms with Crippen LogP contribution in [-0.4, -0.2) is 6.47 Å². The van der Waals surface area contributed by atoms with Crippen molar-refractivity contribution in [3.05, 3.63) is 71.3 Å². The van der Waals surface area contributed by atoms with Crippen molar-refractivity contribution in [2.45, 2.75) is 13.0 Å². The summed E-state index contributed by atoms with van der Waals surface area (Å²) >= 11 is 0. The summed E-state index contributed by atoms with van der Waals surface area (Å²) in [6.45, 7) is 0.825. The first kappa shape index (κ1) is 11.4. The van der Waals surface area contributed by atoms with Crippen LogP contribution in [-0.2, 0) is 22.6 Å². The summed E-state index contributed by atoms with van der Waals surface area (Å²) in [6, 6.07) is 18.3. The van der Waals surface area contributed by atoms with Crippen LogP contribution in [0.3, 0.4) is 0 Å². The summed E-state index contributed by atoms with van der Waals surface area (Å²) in [6.07, 6.45) is 0.860. The molecule has 0 aromatic heterocycles. The first-order chi connectivity index (χ1) is 8.40. The molecule has 0 aliphatic rings. The zero-order valence-electron chi connectivity index (χ0n) is 9.50. The molecule has 0 saturated carbocycles. The Hall–Kier alpha value is -2.09. The van der Waals surface area contributed by atoms with Crippen LogP contribution in [0.25, 0.3) is 0 Å². The summed E-state index contributed by atoms with van der Waals surface area (Å²) in [5, 5.41) is 0. The number of hydrogen-bond acceptors (Lipinski definition) is 2. The highest BCUT2D eigenvalue weighted by Crippen LogP contribution is 2.15. The lowest BCUT2D eigenvalue weighted by atomic mass is 10.0. The van der Waals surface area contributed by atoms with E-state index < -0.39 is 0 Å². The molecule has 2 rings (SSSR count). The zero-order valence-corrected chi connectivity index (χ0v) is 9.50. The fraction of sp³-hybridized carbons (Fsp3) is 0.133. The zero-order chi connectivity index (χ0) is 11.9. The average molecular weight is 226 g/mol. The number of benzene rings is 2. The summed E-state index contributed by atoms with van der Waals surface area (Å²) < 4.78 is 4.82. The van der Waals surface area contributed by atoms with Crippen molar-refractivity contribution >= 4 is 6.47 Å². The standard InChI is InChI=1S/C15H14O2/c16-12-17-11-15-9-5-4-8-14(15)10-13-6-2-1-3-7-13/h1-9,12H,10-11H2. The third-order valence-electron chi connectivity index (χ3n) is 2.66. The Morgan fingerprint density at radius 1 is 0.882 bits per heavy atom. The van der Waals surface area contributed by atoms with Crippen LogP contribution in [0.15, 0.2) is 54.6 Å². The third-order valence-corrected chi connectivity index (χ3v) is 2.66. The molecule has 0 saturated heterocycles. The smallest absolute Gasteiger partial charge is 0.293 e. The molecule has 0 unspecified atom stereocenters. The van der Waals surface area contributed by atoms with Crippen LogP contribution < -0.4 is 0 Å². The topological polar surface area (TPSA) is 26.3 Å². The Morgan fingerprint density at radius 3 is 2.24 bits per heavy atom. The van der Waals surface area contributed by atoms with E-state index in [1.165, 1.54) is 11.1 Å². The van der Waals surface area contributed by atoms with Crippen molar-refractivity contribution in [1.82, 2.24) is 0 Å². The Kier molecular flexibility index (Phi) is 3.92. The highest BCUT2D eigenvalue weighted by Gasteiger charge is 2.02. The Labute approximate surface area is 101 Å². The maximum Gasteiger partial charge on any atom is 0.293 e. The van der Waals surface area contributed by atoms with Crippen molar-refractivity contribution in [3.63, 3.8) is 0 Å². The van der Waals surface area contributed by atoms with Gasteiger partial charge in [-0.25, -0.2) is 0 Å². The predicted molar refractivity (Wildman–Crippen MR) is 66.5 cm³/mol. The monoisotopic (exact) mass is 226 g/mol. The van der Waals surface area contributed by atoms with Gasteiger partial charge < -0.3 is 4.74 Å². The molecule has 0 radical (unpaired) electrons. The van der Waals surface area contributed by atoms with Gasteiger partial charge in [0, 0.05) is 0 Å². The normalized spacial score (nSPS) is 9.88. The second kappa shape index (κ2) is 5.85. The van der Waals surface area contributed by atoms with Gasteiger partial charge in [0.25, 0.3) is 6.47 Å². The minimum atomic E-state index is 0.340. The van der Waals surface area contributed by atoms with Crippen LogP contribution >= 0.6 is 0 Å². The molecule has 0 aliphatic carbocycles. The highest BCUT2D eigenvalue weighted by molar-refractivity contribution is 5.38. The van der Waals surface area contributed by atoms with E-state index in [1.807, 2.05) is 36.4 Å². The summed E-state index contributed by atoms with van der Waals surface area (Å²) in [7, 11) is 0. The SMILES string of the molecule is O=COCc1ccccc1Cc1ccccc1. The lowest BCUT2D eigenvalue weighted by Gasteiger charge is -2.08. The van der Waals surface area contributed by atoms with E-state index in [0.717, 1.165) is 12.0 Å². The van der Waals surface area contributed by atoms with Crippen LogP contribution in [0.1, 0.15) is 16.7 Å². The number of rotatable bonds is 5. The second-order valence-electron chi connectivity index (χ2n) is 3.84. The number of carbonyl (C=O) groups is 1. The Morgan fingerprint density at radius 2 is 1.53 bits per heavy atom. The van der Waals surface area contributed by atoms with Crippen LogP contribution in [0.4, 0.5) is 0 Å². The maximum atomic E-state index is 10.2. The second-order valence-corrected chi connectivity index (χ2v) is 3.84. The van der Waals surface area contributed by atoms with Crippen molar-refractivity contribution in [2.75, 3.05) is 0 Å². The average Bonchev–Trinajstić information content (AvgIpc) is 2.39. The summed E-state index contributed by atoms with van der Waals surface area (Å²) in [5.74, 6) is 0. The highest BCUT2D eigenvalue weighted by atomic mass is 16.5. The van der Waals surface area contributed by atoms with Gasteiger partial charge in [-0.15, -0.1) is 0 Å². The molecule has 0 spiro atoms. The van der Waals surface area contributed by atoms with Gasteiger partial charge >= 0.3 is 0 Å².